The Bertz CT molecular complexity index is 691. The lowest BCUT2D eigenvalue weighted by Crippen LogP contribution is -1.97. The summed E-state index contributed by atoms with van der Waals surface area (Å²) in [7, 11) is -3.19. The average Bonchev–Trinajstić information content (AvgIpc) is 2.31. The summed E-state index contributed by atoms with van der Waals surface area (Å²) in [5.41, 5.74) is 2.87. The topological polar surface area (TPSA) is 34.1 Å². The van der Waals surface area contributed by atoms with Crippen molar-refractivity contribution >= 4 is 21.4 Å². The molecule has 4 heteroatoms. The summed E-state index contributed by atoms with van der Waals surface area (Å²) >= 11 is 5.98. The largest absolute Gasteiger partial charge is 0.224 e. The molecule has 0 aliphatic heterocycles. The molecule has 0 radical (unpaired) electrons. The zero-order valence-corrected chi connectivity index (χ0v) is 11.7. The zero-order valence-electron chi connectivity index (χ0n) is 10.1. The number of halogens is 1. The summed E-state index contributed by atoms with van der Waals surface area (Å²) in [6.07, 6.45) is 1.21. The number of benzene rings is 2. The smallest absolute Gasteiger partial charge is 0.175 e. The van der Waals surface area contributed by atoms with E-state index in [1.165, 1.54) is 6.26 Å². The highest BCUT2D eigenvalue weighted by atomic mass is 35.5. The van der Waals surface area contributed by atoms with Crippen LogP contribution in [0.5, 0.6) is 0 Å². The van der Waals surface area contributed by atoms with Crippen molar-refractivity contribution in [1.29, 1.82) is 0 Å². The number of hydrogen-bond acceptors (Lipinski definition) is 2. The molecule has 0 heterocycles. The van der Waals surface area contributed by atoms with Crippen molar-refractivity contribution in [2.75, 3.05) is 6.26 Å². The van der Waals surface area contributed by atoms with Gasteiger partial charge in [0.05, 0.1) is 4.90 Å². The monoisotopic (exact) mass is 280 g/mol. The third-order valence-electron chi connectivity index (χ3n) is 2.77. The second-order valence-corrected chi connectivity index (χ2v) is 6.71. The molecule has 2 aromatic carbocycles. The Labute approximate surface area is 112 Å². The summed E-state index contributed by atoms with van der Waals surface area (Å²) in [5.74, 6) is 0. The van der Waals surface area contributed by atoms with E-state index in [0.717, 1.165) is 16.7 Å². The van der Waals surface area contributed by atoms with E-state index in [0.29, 0.717) is 9.92 Å². The van der Waals surface area contributed by atoms with Gasteiger partial charge in [0.2, 0.25) is 0 Å². The predicted molar refractivity (Wildman–Crippen MR) is 74.7 cm³/mol. The Hall–Kier alpha value is -1.32. The van der Waals surface area contributed by atoms with Crippen LogP contribution in [0, 0.1) is 6.92 Å². The van der Waals surface area contributed by atoms with Gasteiger partial charge >= 0.3 is 0 Å². The van der Waals surface area contributed by atoms with Gasteiger partial charge in [-0.1, -0.05) is 29.8 Å². The second kappa shape index (κ2) is 4.75. The molecule has 0 saturated carbocycles. The second-order valence-electron chi connectivity index (χ2n) is 4.26. The maximum atomic E-state index is 11.5. The maximum absolute atomic E-state index is 11.5. The minimum Gasteiger partial charge on any atom is -0.224 e. The predicted octanol–water partition coefficient (Wildman–Crippen LogP) is 3.72. The van der Waals surface area contributed by atoms with E-state index < -0.39 is 9.84 Å². The molecule has 0 atom stereocenters. The SMILES string of the molecule is Cc1ccc(Cl)cc1-c1cccc(S(C)(=O)=O)c1. The molecule has 0 N–H and O–H groups in total. The van der Waals surface area contributed by atoms with E-state index in [4.69, 9.17) is 11.6 Å². The normalized spacial score (nSPS) is 11.5. The van der Waals surface area contributed by atoms with Crippen LogP contribution in [0.2, 0.25) is 5.02 Å². The molecule has 0 amide bonds. The molecule has 0 bridgehead atoms. The zero-order chi connectivity index (χ0) is 13.3. The Kier molecular flexibility index (Phi) is 3.46. The van der Waals surface area contributed by atoms with E-state index in [2.05, 4.69) is 0 Å². The van der Waals surface area contributed by atoms with Crippen LogP contribution in [-0.2, 0) is 9.84 Å². The van der Waals surface area contributed by atoms with Crippen molar-refractivity contribution in [2.45, 2.75) is 11.8 Å². The van der Waals surface area contributed by atoms with Crippen LogP contribution < -0.4 is 0 Å². The van der Waals surface area contributed by atoms with Gasteiger partial charge in [0.25, 0.3) is 0 Å². The van der Waals surface area contributed by atoms with Gasteiger partial charge in [0.1, 0.15) is 0 Å². The lowest BCUT2D eigenvalue weighted by molar-refractivity contribution is 0.602. The number of hydrogen-bond donors (Lipinski definition) is 0. The molecule has 0 spiro atoms. The molecule has 0 aliphatic rings. The molecular formula is C14H13ClO2S. The van der Waals surface area contributed by atoms with Gasteiger partial charge in [-0.2, -0.15) is 0 Å². The van der Waals surface area contributed by atoms with Gasteiger partial charge in [-0.25, -0.2) is 8.42 Å². The molecule has 0 fully saturated rings. The third kappa shape index (κ3) is 2.74. The summed E-state index contributed by atoms with van der Waals surface area (Å²) in [6, 6.07) is 12.5. The maximum Gasteiger partial charge on any atom is 0.175 e. The van der Waals surface area contributed by atoms with Crippen LogP contribution in [0.3, 0.4) is 0 Å². The summed E-state index contributed by atoms with van der Waals surface area (Å²) < 4.78 is 23.1. The molecule has 0 unspecified atom stereocenters. The fourth-order valence-electron chi connectivity index (χ4n) is 1.80. The highest BCUT2D eigenvalue weighted by Crippen LogP contribution is 2.28. The van der Waals surface area contributed by atoms with E-state index >= 15 is 0 Å². The molecular weight excluding hydrogens is 268 g/mol. The molecule has 2 rings (SSSR count). The van der Waals surface area contributed by atoms with Crippen molar-refractivity contribution in [2.24, 2.45) is 0 Å². The van der Waals surface area contributed by atoms with E-state index in [-0.39, 0.29) is 0 Å². The van der Waals surface area contributed by atoms with Crippen LogP contribution >= 0.6 is 11.6 Å². The van der Waals surface area contributed by atoms with E-state index in [1.807, 2.05) is 31.2 Å². The lowest BCUT2D eigenvalue weighted by Gasteiger charge is -2.08. The first kappa shape index (κ1) is 13.1. The highest BCUT2D eigenvalue weighted by Gasteiger charge is 2.09. The minimum absolute atomic E-state index is 0.319. The van der Waals surface area contributed by atoms with Gasteiger partial charge in [-0.15, -0.1) is 0 Å². The third-order valence-corrected chi connectivity index (χ3v) is 4.12. The van der Waals surface area contributed by atoms with Crippen molar-refractivity contribution < 1.29 is 8.42 Å². The molecule has 0 aliphatic carbocycles. The summed E-state index contributed by atoms with van der Waals surface area (Å²) in [4.78, 5) is 0.319. The van der Waals surface area contributed by atoms with Gasteiger partial charge in [0.15, 0.2) is 9.84 Å². The molecule has 0 aromatic heterocycles. The number of rotatable bonds is 2. The van der Waals surface area contributed by atoms with Crippen LogP contribution in [0.1, 0.15) is 5.56 Å². The molecule has 2 aromatic rings. The Morgan fingerprint density at radius 2 is 1.78 bits per heavy atom. The van der Waals surface area contributed by atoms with Gasteiger partial charge < -0.3 is 0 Å². The van der Waals surface area contributed by atoms with Crippen LogP contribution in [0.25, 0.3) is 11.1 Å². The number of sulfone groups is 1. The van der Waals surface area contributed by atoms with E-state index in [9.17, 15) is 8.42 Å². The van der Waals surface area contributed by atoms with Crippen LogP contribution in [0.15, 0.2) is 47.4 Å². The van der Waals surface area contributed by atoms with Crippen molar-refractivity contribution in [3.63, 3.8) is 0 Å². The fourth-order valence-corrected chi connectivity index (χ4v) is 2.64. The first-order valence-corrected chi connectivity index (χ1v) is 7.71. The van der Waals surface area contributed by atoms with Crippen molar-refractivity contribution in [3.8, 4) is 11.1 Å². The average molecular weight is 281 g/mol. The fraction of sp³-hybridized carbons (Fsp3) is 0.143. The standard InChI is InChI=1S/C14H13ClO2S/c1-10-6-7-12(15)9-14(10)11-4-3-5-13(8-11)18(2,16)17/h3-9H,1-2H3. The molecule has 2 nitrogen and oxygen atoms in total. The minimum atomic E-state index is -3.19. The quantitative estimate of drug-likeness (QED) is 0.840. The Morgan fingerprint density at radius 3 is 2.44 bits per heavy atom. The van der Waals surface area contributed by atoms with Crippen molar-refractivity contribution in [3.05, 3.63) is 53.1 Å². The number of aryl methyl sites for hydroxylation is 1. The highest BCUT2D eigenvalue weighted by molar-refractivity contribution is 7.90. The molecule has 94 valence electrons. The molecule has 0 saturated heterocycles. The first-order chi connectivity index (χ1) is 8.38. The first-order valence-electron chi connectivity index (χ1n) is 5.44. The lowest BCUT2D eigenvalue weighted by atomic mass is 10.0. The van der Waals surface area contributed by atoms with Crippen LogP contribution in [-0.4, -0.2) is 14.7 Å². The van der Waals surface area contributed by atoms with Crippen LogP contribution in [0.4, 0.5) is 0 Å². The van der Waals surface area contributed by atoms with E-state index in [1.54, 1.807) is 18.2 Å². The summed E-state index contributed by atoms with van der Waals surface area (Å²) in [5, 5.41) is 0.639. The molecule has 18 heavy (non-hydrogen) atoms. The van der Waals surface area contributed by atoms with Crippen molar-refractivity contribution in [1.82, 2.24) is 0 Å². The van der Waals surface area contributed by atoms with Gasteiger partial charge in [-0.05, 0) is 47.9 Å². The Balaban J connectivity index is 2.62. The Morgan fingerprint density at radius 1 is 1.06 bits per heavy atom. The van der Waals surface area contributed by atoms with Gasteiger partial charge in [0, 0.05) is 11.3 Å². The summed E-state index contributed by atoms with van der Waals surface area (Å²) in [6.45, 7) is 1.97. The van der Waals surface area contributed by atoms with Gasteiger partial charge in [-0.3, -0.25) is 0 Å².